The molecule has 1 aliphatic rings. The molecule has 2 aromatic rings. The van der Waals surface area contributed by atoms with Crippen LogP contribution in [0.1, 0.15) is 34.0 Å². The molecule has 1 unspecified atom stereocenters. The van der Waals surface area contributed by atoms with E-state index in [1.54, 1.807) is 0 Å². The SMILES string of the molecule is CNCc1csc(C2CCc3cccnc32)c1. The summed E-state index contributed by atoms with van der Waals surface area (Å²) in [5.41, 5.74) is 4.11. The Balaban J connectivity index is 1.90. The highest BCUT2D eigenvalue weighted by Gasteiger charge is 2.26. The van der Waals surface area contributed by atoms with Crippen LogP contribution in [0.5, 0.6) is 0 Å². The number of nitrogens with one attached hydrogen (secondary N) is 1. The van der Waals surface area contributed by atoms with E-state index in [-0.39, 0.29) is 0 Å². The number of fused-ring (bicyclic) bond motifs is 1. The molecule has 88 valence electrons. The van der Waals surface area contributed by atoms with E-state index in [4.69, 9.17) is 0 Å². The first kappa shape index (κ1) is 10.9. The van der Waals surface area contributed by atoms with Crippen molar-refractivity contribution in [1.29, 1.82) is 0 Å². The summed E-state index contributed by atoms with van der Waals surface area (Å²) in [6, 6.07) is 6.59. The Morgan fingerprint density at radius 2 is 2.47 bits per heavy atom. The molecule has 3 heteroatoms. The van der Waals surface area contributed by atoms with E-state index in [9.17, 15) is 0 Å². The predicted octanol–water partition coefficient (Wildman–Crippen LogP) is 2.94. The van der Waals surface area contributed by atoms with Gasteiger partial charge < -0.3 is 5.32 Å². The molecule has 0 saturated carbocycles. The Kier molecular flexibility index (Phi) is 2.95. The number of aromatic nitrogens is 1. The summed E-state index contributed by atoms with van der Waals surface area (Å²) in [4.78, 5) is 6.03. The van der Waals surface area contributed by atoms with Crippen LogP contribution in [0.3, 0.4) is 0 Å². The second-order valence-corrected chi connectivity index (χ2v) is 5.47. The van der Waals surface area contributed by atoms with E-state index in [0.29, 0.717) is 5.92 Å². The van der Waals surface area contributed by atoms with Crippen LogP contribution in [-0.2, 0) is 13.0 Å². The van der Waals surface area contributed by atoms with Gasteiger partial charge in [-0.1, -0.05) is 6.07 Å². The standard InChI is InChI=1S/C14H16N2S/c1-15-8-10-7-13(17-9-10)12-5-4-11-3-2-6-16-14(11)12/h2-3,6-7,9,12,15H,4-5,8H2,1H3. The smallest absolute Gasteiger partial charge is 0.0518 e. The van der Waals surface area contributed by atoms with Gasteiger partial charge in [0, 0.05) is 23.5 Å². The van der Waals surface area contributed by atoms with Crippen molar-refractivity contribution >= 4 is 11.3 Å². The molecule has 1 N–H and O–H groups in total. The fraction of sp³-hybridized carbons (Fsp3) is 0.357. The molecular formula is C14H16N2S. The zero-order valence-corrected chi connectivity index (χ0v) is 10.8. The lowest BCUT2D eigenvalue weighted by Crippen LogP contribution is -2.03. The highest BCUT2D eigenvalue weighted by molar-refractivity contribution is 7.10. The quantitative estimate of drug-likeness (QED) is 0.898. The van der Waals surface area contributed by atoms with Crippen molar-refractivity contribution in [3.63, 3.8) is 0 Å². The van der Waals surface area contributed by atoms with Crippen LogP contribution in [0.2, 0.25) is 0 Å². The highest BCUT2D eigenvalue weighted by Crippen LogP contribution is 2.39. The number of thiophene rings is 1. The van der Waals surface area contributed by atoms with Crippen LogP contribution >= 0.6 is 11.3 Å². The van der Waals surface area contributed by atoms with Gasteiger partial charge in [-0.25, -0.2) is 0 Å². The van der Waals surface area contributed by atoms with Gasteiger partial charge in [0.15, 0.2) is 0 Å². The largest absolute Gasteiger partial charge is 0.316 e. The number of hydrogen-bond acceptors (Lipinski definition) is 3. The highest BCUT2D eigenvalue weighted by atomic mass is 32.1. The summed E-state index contributed by atoms with van der Waals surface area (Å²) in [6.07, 6.45) is 4.30. The Labute approximate surface area is 106 Å². The van der Waals surface area contributed by atoms with Gasteiger partial charge in [0.05, 0.1) is 5.69 Å². The molecule has 17 heavy (non-hydrogen) atoms. The van der Waals surface area contributed by atoms with E-state index >= 15 is 0 Å². The van der Waals surface area contributed by atoms with Crippen LogP contribution in [-0.4, -0.2) is 12.0 Å². The normalized spacial score (nSPS) is 18.3. The molecule has 1 aliphatic carbocycles. The molecular weight excluding hydrogens is 228 g/mol. The third-order valence-electron chi connectivity index (χ3n) is 3.36. The van der Waals surface area contributed by atoms with Crippen LogP contribution in [0.25, 0.3) is 0 Å². The maximum Gasteiger partial charge on any atom is 0.0518 e. The van der Waals surface area contributed by atoms with Gasteiger partial charge in [-0.15, -0.1) is 11.3 Å². The summed E-state index contributed by atoms with van der Waals surface area (Å²) in [6.45, 7) is 0.957. The number of aryl methyl sites for hydroxylation is 1. The van der Waals surface area contributed by atoms with Crippen molar-refractivity contribution in [3.8, 4) is 0 Å². The van der Waals surface area contributed by atoms with E-state index < -0.39 is 0 Å². The fourth-order valence-corrected chi connectivity index (χ4v) is 3.62. The minimum atomic E-state index is 0.529. The molecule has 2 nitrogen and oxygen atoms in total. The maximum absolute atomic E-state index is 4.56. The number of hydrogen-bond donors (Lipinski definition) is 1. The van der Waals surface area contributed by atoms with Gasteiger partial charge in [-0.05, 0) is 48.5 Å². The first-order valence-electron chi connectivity index (χ1n) is 6.04. The van der Waals surface area contributed by atoms with E-state index in [0.717, 1.165) is 6.54 Å². The molecule has 3 rings (SSSR count). The minimum Gasteiger partial charge on any atom is -0.316 e. The van der Waals surface area contributed by atoms with Gasteiger partial charge in [-0.3, -0.25) is 4.98 Å². The first-order chi connectivity index (χ1) is 8.38. The number of pyridine rings is 1. The van der Waals surface area contributed by atoms with Crippen LogP contribution in [0.15, 0.2) is 29.8 Å². The van der Waals surface area contributed by atoms with Crippen molar-refractivity contribution in [2.24, 2.45) is 0 Å². The fourth-order valence-electron chi connectivity index (χ4n) is 2.56. The van der Waals surface area contributed by atoms with Gasteiger partial charge in [-0.2, -0.15) is 0 Å². The minimum absolute atomic E-state index is 0.529. The molecule has 0 aromatic carbocycles. The summed E-state index contributed by atoms with van der Waals surface area (Å²) in [7, 11) is 1.99. The first-order valence-corrected chi connectivity index (χ1v) is 6.92. The Bertz CT molecular complexity index is 518. The molecule has 2 heterocycles. The van der Waals surface area contributed by atoms with E-state index in [2.05, 4.69) is 27.8 Å². The third kappa shape index (κ3) is 2.01. The topological polar surface area (TPSA) is 24.9 Å². The Morgan fingerprint density at radius 3 is 3.35 bits per heavy atom. The molecule has 0 saturated heterocycles. The van der Waals surface area contributed by atoms with Gasteiger partial charge in [0.2, 0.25) is 0 Å². The van der Waals surface area contributed by atoms with Crippen LogP contribution < -0.4 is 5.32 Å². The van der Waals surface area contributed by atoms with Crippen molar-refractivity contribution in [3.05, 3.63) is 51.5 Å². The van der Waals surface area contributed by atoms with Gasteiger partial charge in [0.1, 0.15) is 0 Å². The molecule has 0 spiro atoms. The van der Waals surface area contributed by atoms with Gasteiger partial charge >= 0.3 is 0 Å². The average Bonchev–Trinajstić information content (AvgIpc) is 2.95. The van der Waals surface area contributed by atoms with Crippen molar-refractivity contribution < 1.29 is 0 Å². The van der Waals surface area contributed by atoms with Crippen molar-refractivity contribution in [1.82, 2.24) is 10.3 Å². The number of rotatable bonds is 3. The second-order valence-electron chi connectivity index (χ2n) is 4.53. The zero-order valence-electron chi connectivity index (χ0n) is 9.94. The van der Waals surface area contributed by atoms with Crippen molar-refractivity contribution in [2.75, 3.05) is 7.05 Å². The zero-order chi connectivity index (χ0) is 11.7. The summed E-state index contributed by atoms with van der Waals surface area (Å²) in [5, 5.41) is 5.45. The predicted molar refractivity (Wildman–Crippen MR) is 71.5 cm³/mol. The average molecular weight is 244 g/mol. The molecule has 0 bridgehead atoms. The molecule has 2 aromatic heterocycles. The molecule has 0 fully saturated rings. The maximum atomic E-state index is 4.56. The third-order valence-corrected chi connectivity index (χ3v) is 4.45. The Morgan fingerprint density at radius 1 is 1.53 bits per heavy atom. The van der Waals surface area contributed by atoms with E-state index in [1.807, 2.05) is 30.6 Å². The molecule has 0 aliphatic heterocycles. The van der Waals surface area contributed by atoms with E-state index in [1.165, 1.54) is 34.5 Å². The summed E-state index contributed by atoms with van der Waals surface area (Å²) in [5.74, 6) is 0.529. The van der Waals surface area contributed by atoms with Gasteiger partial charge in [0.25, 0.3) is 0 Å². The van der Waals surface area contributed by atoms with Crippen molar-refractivity contribution in [2.45, 2.75) is 25.3 Å². The lowest BCUT2D eigenvalue weighted by atomic mass is 10.0. The molecule has 0 amide bonds. The molecule has 0 radical (unpaired) electrons. The Hall–Kier alpha value is -1.19. The van der Waals surface area contributed by atoms with Crippen LogP contribution in [0, 0.1) is 0 Å². The molecule has 1 atom stereocenters. The summed E-state index contributed by atoms with van der Waals surface area (Å²) < 4.78 is 0. The lowest BCUT2D eigenvalue weighted by molar-refractivity contribution is 0.780. The summed E-state index contributed by atoms with van der Waals surface area (Å²) >= 11 is 1.87. The lowest BCUT2D eigenvalue weighted by Gasteiger charge is -2.07. The second kappa shape index (κ2) is 4.59. The monoisotopic (exact) mass is 244 g/mol. The van der Waals surface area contributed by atoms with Crippen LogP contribution in [0.4, 0.5) is 0 Å². The number of nitrogens with zero attached hydrogens (tertiary/aromatic N) is 1.